The lowest BCUT2D eigenvalue weighted by atomic mass is 9.99. The fraction of sp³-hybridized carbons (Fsp3) is 0.133. The van der Waals surface area contributed by atoms with Crippen LogP contribution in [0.1, 0.15) is 21.5 Å². The maximum Gasteiger partial charge on any atom is 0.193 e. The highest BCUT2D eigenvalue weighted by Crippen LogP contribution is 2.20. The number of thioether (sulfide) groups is 1. The van der Waals surface area contributed by atoms with E-state index in [0.29, 0.717) is 16.1 Å². The SMILES string of the molecule is CSc1ccc(C(=O)c2ccc(Cl)cc2C)cc1. The Kier molecular flexibility index (Phi) is 4.10. The van der Waals surface area contributed by atoms with E-state index < -0.39 is 0 Å². The van der Waals surface area contributed by atoms with Crippen LogP contribution in [0, 0.1) is 6.92 Å². The van der Waals surface area contributed by atoms with Gasteiger partial charge in [-0.25, -0.2) is 0 Å². The highest BCUT2D eigenvalue weighted by molar-refractivity contribution is 7.98. The van der Waals surface area contributed by atoms with Crippen molar-refractivity contribution in [1.29, 1.82) is 0 Å². The lowest BCUT2D eigenvalue weighted by molar-refractivity contribution is 0.103. The van der Waals surface area contributed by atoms with Gasteiger partial charge in [-0.15, -0.1) is 11.8 Å². The van der Waals surface area contributed by atoms with E-state index in [1.807, 2.05) is 43.5 Å². The average Bonchev–Trinajstić information content (AvgIpc) is 2.38. The molecule has 0 saturated heterocycles. The first-order valence-electron chi connectivity index (χ1n) is 5.56. The predicted molar refractivity (Wildman–Crippen MR) is 77.8 cm³/mol. The summed E-state index contributed by atoms with van der Waals surface area (Å²) in [6.45, 7) is 1.90. The fourth-order valence-corrected chi connectivity index (χ4v) is 2.41. The molecule has 0 aliphatic heterocycles. The predicted octanol–water partition coefficient (Wildman–Crippen LogP) is 4.60. The number of carbonyl (C=O) groups is 1. The zero-order valence-corrected chi connectivity index (χ0v) is 11.8. The standard InChI is InChI=1S/C15H13ClOS/c1-10-9-12(16)5-8-14(10)15(17)11-3-6-13(18-2)7-4-11/h3-9H,1-2H3. The Hall–Kier alpha value is -1.25. The summed E-state index contributed by atoms with van der Waals surface area (Å²) in [5, 5.41) is 0.654. The molecule has 92 valence electrons. The molecule has 0 aliphatic carbocycles. The highest BCUT2D eigenvalue weighted by atomic mass is 35.5. The van der Waals surface area contributed by atoms with Crippen molar-refractivity contribution in [1.82, 2.24) is 0 Å². The number of ketones is 1. The van der Waals surface area contributed by atoms with Crippen molar-refractivity contribution in [2.24, 2.45) is 0 Å². The minimum absolute atomic E-state index is 0.0387. The zero-order chi connectivity index (χ0) is 13.1. The summed E-state index contributed by atoms with van der Waals surface area (Å²) in [5.41, 5.74) is 2.32. The average molecular weight is 277 g/mol. The number of carbonyl (C=O) groups excluding carboxylic acids is 1. The summed E-state index contributed by atoms with van der Waals surface area (Å²) < 4.78 is 0. The molecular weight excluding hydrogens is 264 g/mol. The van der Waals surface area contributed by atoms with E-state index in [4.69, 9.17) is 11.6 Å². The molecule has 0 spiro atoms. The van der Waals surface area contributed by atoms with Crippen LogP contribution < -0.4 is 0 Å². The summed E-state index contributed by atoms with van der Waals surface area (Å²) in [6, 6.07) is 13.0. The van der Waals surface area contributed by atoms with Gasteiger partial charge in [0.25, 0.3) is 0 Å². The molecule has 2 aromatic carbocycles. The number of hydrogen-bond donors (Lipinski definition) is 0. The van der Waals surface area contributed by atoms with Gasteiger partial charge >= 0.3 is 0 Å². The van der Waals surface area contributed by atoms with Crippen LogP contribution in [0.2, 0.25) is 5.02 Å². The van der Waals surface area contributed by atoms with E-state index in [1.165, 1.54) is 0 Å². The topological polar surface area (TPSA) is 17.1 Å². The number of aryl methyl sites for hydroxylation is 1. The second-order valence-corrected chi connectivity index (χ2v) is 5.33. The second kappa shape index (κ2) is 5.59. The van der Waals surface area contributed by atoms with Crippen LogP contribution in [0.3, 0.4) is 0 Å². The van der Waals surface area contributed by atoms with Crippen molar-refractivity contribution in [2.75, 3.05) is 6.26 Å². The van der Waals surface area contributed by atoms with Gasteiger partial charge in [0, 0.05) is 21.0 Å². The maximum absolute atomic E-state index is 12.3. The minimum atomic E-state index is 0.0387. The van der Waals surface area contributed by atoms with E-state index in [2.05, 4.69) is 0 Å². The molecule has 0 unspecified atom stereocenters. The van der Waals surface area contributed by atoms with E-state index in [-0.39, 0.29) is 5.78 Å². The molecular formula is C15H13ClOS. The molecule has 0 aliphatic rings. The quantitative estimate of drug-likeness (QED) is 0.602. The van der Waals surface area contributed by atoms with Crippen LogP contribution >= 0.6 is 23.4 Å². The van der Waals surface area contributed by atoms with Gasteiger partial charge in [-0.3, -0.25) is 4.79 Å². The highest BCUT2D eigenvalue weighted by Gasteiger charge is 2.11. The molecule has 0 amide bonds. The summed E-state index contributed by atoms with van der Waals surface area (Å²) in [5.74, 6) is 0.0387. The molecule has 1 nitrogen and oxygen atoms in total. The van der Waals surface area contributed by atoms with Gasteiger partial charge < -0.3 is 0 Å². The van der Waals surface area contributed by atoms with Gasteiger partial charge in [0.2, 0.25) is 0 Å². The van der Waals surface area contributed by atoms with Crippen molar-refractivity contribution in [3.63, 3.8) is 0 Å². The summed E-state index contributed by atoms with van der Waals surface area (Å²) in [4.78, 5) is 13.5. The smallest absolute Gasteiger partial charge is 0.193 e. The van der Waals surface area contributed by atoms with Crippen molar-refractivity contribution in [3.8, 4) is 0 Å². The summed E-state index contributed by atoms with van der Waals surface area (Å²) in [7, 11) is 0. The first kappa shape index (κ1) is 13.2. The zero-order valence-electron chi connectivity index (χ0n) is 10.2. The summed E-state index contributed by atoms with van der Waals surface area (Å²) in [6.07, 6.45) is 2.01. The third kappa shape index (κ3) is 2.77. The molecule has 0 saturated carbocycles. The Labute approximate surface area is 116 Å². The van der Waals surface area contributed by atoms with E-state index in [0.717, 1.165) is 10.5 Å². The molecule has 0 radical (unpaired) electrons. The van der Waals surface area contributed by atoms with Gasteiger partial charge in [0.05, 0.1) is 0 Å². The minimum Gasteiger partial charge on any atom is -0.289 e. The molecule has 0 atom stereocenters. The van der Waals surface area contributed by atoms with Gasteiger partial charge in [-0.2, -0.15) is 0 Å². The van der Waals surface area contributed by atoms with Gasteiger partial charge in [0.1, 0.15) is 0 Å². The van der Waals surface area contributed by atoms with Crippen LogP contribution in [0.4, 0.5) is 0 Å². The largest absolute Gasteiger partial charge is 0.289 e. The van der Waals surface area contributed by atoms with Crippen LogP contribution in [0.5, 0.6) is 0 Å². The molecule has 2 rings (SSSR count). The Balaban J connectivity index is 2.35. The first-order chi connectivity index (χ1) is 8.61. The van der Waals surface area contributed by atoms with Crippen LogP contribution in [-0.4, -0.2) is 12.0 Å². The van der Waals surface area contributed by atoms with Crippen LogP contribution in [0.25, 0.3) is 0 Å². The third-order valence-corrected chi connectivity index (χ3v) is 3.76. The maximum atomic E-state index is 12.3. The summed E-state index contributed by atoms with van der Waals surface area (Å²) >= 11 is 7.55. The Morgan fingerprint density at radius 2 is 1.78 bits per heavy atom. The van der Waals surface area contributed by atoms with E-state index in [9.17, 15) is 4.79 Å². The molecule has 0 fully saturated rings. The molecule has 3 heteroatoms. The fourth-order valence-electron chi connectivity index (χ4n) is 1.78. The molecule has 2 aromatic rings. The van der Waals surface area contributed by atoms with Gasteiger partial charge in [-0.1, -0.05) is 11.6 Å². The Morgan fingerprint density at radius 1 is 1.11 bits per heavy atom. The molecule has 0 aromatic heterocycles. The molecule has 0 N–H and O–H groups in total. The Morgan fingerprint density at radius 3 is 2.33 bits per heavy atom. The van der Waals surface area contributed by atoms with Crippen molar-refractivity contribution in [2.45, 2.75) is 11.8 Å². The van der Waals surface area contributed by atoms with Crippen LogP contribution in [0.15, 0.2) is 47.4 Å². The molecule has 18 heavy (non-hydrogen) atoms. The van der Waals surface area contributed by atoms with Crippen LogP contribution in [-0.2, 0) is 0 Å². The lowest BCUT2D eigenvalue weighted by Crippen LogP contribution is -2.03. The van der Waals surface area contributed by atoms with Gasteiger partial charge in [-0.05, 0) is 61.2 Å². The molecule has 0 bridgehead atoms. The van der Waals surface area contributed by atoms with Gasteiger partial charge in [0.15, 0.2) is 5.78 Å². The van der Waals surface area contributed by atoms with Crippen molar-refractivity contribution >= 4 is 29.1 Å². The first-order valence-corrected chi connectivity index (χ1v) is 7.17. The monoisotopic (exact) mass is 276 g/mol. The number of hydrogen-bond acceptors (Lipinski definition) is 2. The Bertz CT molecular complexity index is 576. The second-order valence-electron chi connectivity index (χ2n) is 4.02. The number of benzene rings is 2. The normalized spacial score (nSPS) is 10.4. The van der Waals surface area contributed by atoms with E-state index >= 15 is 0 Å². The van der Waals surface area contributed by atoms with E-state index in [1.54, 1.807) is 23.9 Å². The number of halogens is 1. The third-order valence-electron chi connectivity index (χ3n) is 2.79. The van der Waals surface area contributed by atoms with Crippen molar-refractivity contribution in [3.05, 3.63) is 64.2 Å². The lowest BCUT2D eigenvalue weighted by Gasteiger charge is -2.06. The number of rotatable bonds is 3. The molecule has 0 heterocycles. The van der Waals surface area contributed by atoms with Crippen molar-refractivity contribution < 1.29 is 4.79 Å².